The quantitative estimate of drug-likeness (QED) is 0.626. The Morgan fingerprint density at radius 3 is 2.14 bits per heavy atom. The highest BCUT2D eigenvalue weighted by atomic mass is 32.2. The fourth-order valence-corrected chi connectivity index (χ4v) is 5.14. The van der Waals surface area contributed by atoms with Crippen molar-refractivity contribution in [1.29, 1.82) is 0 Å². The van der Waals surface area contributed by atoms with Gasteiger partial charge in [-0.1, -0.05) is 19.8 Å². The summed E-state index contributed by atoms with van der Waals surface area (Å²) in [4.78, 5) is 38.3. The Kier molecular flexibility index (Phi) is 6.56. The fraction of sp³-hybridized carbons (Fsp3) is 0.550. The number of amides is 3. The van der Waals surface area contributed by atoms with E-state index < -0.39 is 10.0 Å². The van der Waals surface area contributed by atoms with E-state index in [1.807, 2.05) is 0 Å². The van der Waals surface area contributed by atoms with Crippen molar-refractivity contribution in [2.45, 2.75) is 45.4 Å². The third kappa shape index (κ3) is 5.14. The Morgan fingerprint density at radius 2 is 1.59 bits per heavy atom. The van der Waals surface area contributed by atoms with Crippen molar-refractivity contribution in [3.8, 4) is 0 Å². The SMILES string of the molecule is CCCS(=O)(=O)Nc1ccc(NC(=O)CCN2C(=O)C3CCCCC3C2=O)cc1. The second kappa shape index (κ2) is 8.94. The van der Waals surface area contributed by atoms with Gasteiger partial charge in [0.15, 0.2) is 0 Å². The van der Waals surface area contributed by atoms with Gasteiger partial charge < -0.3 is 5.32 Å². The summed E-state index contributed by atoms with van der Waals surface area (Å²) in [6.45, 7) is 1.88. The van der Waals surface area contributed by atoms with Gasteiger partial charge in [0.25, 0.3) is 0 Å². The highest BCUT2D eigenvalue weighted by Gasteiger charge is 2.47. The van der Waals surface area contributed by atoms with Gasteiger partial charge in [-0.05, 0) is 43.5 Å². The molecule has 3 amide bonds. The zero-order chi connectivity index (χ0) is 21.0. The molecule has 1 saturated carbocycles. The summed E-state index contributed by atoms with van der Waals surface area (Å²) < 4.78 is 26.0. The number of hydrogen-bond acceptors (Lipinski definition) is 5. The van der Waals surface area contributed by atoms with Crippen LogP contribution in [0.25, 0.3) is 0 Å². The second-order valence-electron chi connectivity index (χ2n) is 7.62. The maximum atomic E-state index is 12.4. The third-order valence-electron chi connectivity index (χ3n) is 5.41. The van der Waals surface area contributed by atoms with Crippen LogP contribution in [0.1, 0.15) is 45.4 Å². The van der Waals surface area contributed by atoms with Crippen LogP contribution >= 0.6 is 0 Å². The largest absolute Gasteiger partial charge is 0.326 e. The lowest BCUT2D eigenvalue weighted by atomic mass is 9.81. The van der Waals surface area contributed by atoms with Crippen molar-refractivity contribution >= 4 is 39.1 Å². The molecule has 2 atom stereocenters. The molecule has 0 bridgehead atoms. The molecule has 2 fully saturated rings. The number of likely N-dealkylation sites (tertiary alicyclic amines) is 1. The number of fused-ring (bicyclic) bond motifs is 1. The van der Waals surface area contributed by atoms with E-state index in [1.165, 1.54) is 4.90 Å². The first-order chi connectivity index (χ1) is 13.8. The molecular weight excluding hydrogens is 394 g/mol. The minimum Gasteiger partial charge on any atom is -0.326 e. The van der Waals surface area contributed by atoms with Crippen molar-refractivity contribution in [1.82, 2.24) is 4.90 Å². The second-order valence-corrected chi connectivity index (χ2v) is 9.46. The summed E-state index contributed by atoms with van der Waals surface area (Å²) in [5, 5.41) is 2.71. The number of rotatable bonds is 8. The average molecular weight is 422 g/mol. The van der Waals surface area contributed by atoms with E-state index in [0.717, 1.165) is 25.7 Å². The number of benzene rings is 1. The van der Waals surface area contributed by atoms with Gasteiger partial charge in [-0.3, -0.25) is 24.0 Å². The number of anilines is 2. The molecular formula is C20H27N3O5S. The molecule has 1 aliphatic heterocycles. The number of imide groups is 1. The third-order valence-corrected chi connectivity index (χ3v) is 6.90. The summed E-state index contributed by atoms with van der Waals surface area (Å²) in [5.41, 5.74) is 0.938. The molecule has 1 heterocycles. The van der Waals surface area contributed by atoms with Crippen molar-refractivity contribution in [2.24, 2.45) is 11.8 Å². The summed E-state index contributed by atoms with van der Waals surface area (Å²) in [5.74, 6) is -0.958. The van der Waals surface area contributed by atoms with E-state index in [2.05, 4.69) is 10.0 Å². The Balaban J connectivity index is 1.51. The predicted molar refractivity (Wildman–Crippen MR) is 110 cm³/mol. The molecule has 0 radical (unpaired) electrons. The molecule has 1 aromatic carbocycles. The molecule has 29 heavy (non-hydrogen) atoms. The molecule has 0 spiro atoms. The highest BCUT2D eigenvalue weighted by molar-refractivity contribution is 7.92. The number of sulfonamides is 1. The summed E-state index contributed by atoms with van der Waals surface area (Å²) in [6.07, 6.45) is 4.01. The monoisotopic (exact) mass is 421 g/mol. The van der Waals surface area contributed by atoms with E-state index in [4.69, 9.17) is 0 Å². The average Bonchev–Trinajstić information content (AvgIpc) is 2.92. The normalized spacial score (nSPS) is 21.8. The van der Waals surface area contributed by atoms with Crippen LogP contribution in [0.3, 0.4) is 0 Å². The number of nitrogens with zero attached hydrogens (tertiary/aromatic N) is 1. The van der Waals surface area contributed by atoms with E-state index >= 15 is 0 Å². The summed E-state index contributed by atoms with van der Waals surface area (Å²) in [6, 6.07) is 6.34. The van der Waals surface area contributed by atoms with Gasteiger partial charge in [0, 0.05) is 24.3 Å². The van der Waals surface area contributed by atoms with Crippen LogP contribution in [0.15, 0.2) is 24.3 Å². The van der Waals surface area contributed by atoms with Gasteiger partial charge in [-0.2, -0.15) is 0 Å². The maximum Gasteiger partial charge on any atom is 0.233 e. The van der Waals surface area contributed by atoms with Crippen LogP contribution in [0.5, 0.6) is 0 Å². The van der Waals surface area contributed by atoms with Gasteiger partial charge >= 0.3 is 0 Å². The number of carbonyl (C=O) groups is 3. The molecule has 1 aromatic rings. The van der Waals surface area contributed by atoms with Crippen LogP contribution in [0.4, 0.5) is 11.4 Å². The molecule has 1 aliphatic carbocycles. The predicted octanol–water partition coefficient (Wildman–Crippen LogP) is 2.34. The van der Waals surface area contributed by atoms with Crippen molar-refractivity contribution in [3.05, 3.63) is 24.3 Å². The number of nitrogens with one attached hydrogen (secondary N) is 2. The fourth-order valence-electron chi connectivity index (χ4n) is 4.01. The van der Waals surface area contributed by atoms with Gasteiger partial charge in [-0.25, -0.2) is 8.42 Å². The van der Waals surface area contributed by atoms with Crippen LogP contribution in [0, 0.1) is 11.8 Å². The zero-order valence-corrected chi connectivity index (χ0v) is 17.3. The molecule has 1 saturated heterocycles. The molecule has 158 valence electrons. The maximum absolute atomic E-state index is 12.4. The molecule has 8 nitrogen and oxygen atoms in total. The number of hydrogen-bond donors (Lipinski definition) is 2. The van der Waals surface area contributed by atoms with Crippen molar-refractivity contribution in [3.63, 3.8) is 0 Å². The van der Waals surface area contributed by atoms with Crippen LogP contribution < -0.4 is 10.0 Å². The Hall–Kier alpha value is -2.42. The number of carbonyl (C=O) groups excluding carboxylic acids is 3. The standard InChI is InChI=1S/C20H27N3O5S/c1-2-13-29(27,28)22-15-9-7-14(8-10-15)21-18(24)11-12-23-19(25)16-5-3-4-6-17(16)20(23)26/h7-10,16-17,22H,2-6,11-13H2,1H3,(H,21,24). The lowest BCUT2D eigenvalue weighted by molar-refractivity contribution is -0.140. The molecule has 3 rings (SSSR count). The van der Waals surface area contributed by atoms with Crippen molar-refractivity contribution in [2.75, 3.05) is 22.3 Å². The Morgan fingerprint density at radius 1 is 1.03 bits per heavy atom. The van der Waals surface area contributed by atoms with E-state index in [1.54, 1.807) is 31.2 Å². The lowest BCUT2D eigenvalue weighted by Gasteiger charge is -2.19. The van der Waals surface area contributed by atoms with Gasteiger partial charge in [0.1, 0.15) is 0 Å². The van der Waals surface area contributed by atoms with E-state index in [-0.39, 0.29) is 48.3 Å². The van der Waals surface area contributed by atoms with Gasteiger partial charge in [0.05, 0.1) is 17.6 Å². The van der Waals surface area contributed by atoms with Crippen molar-refractivity contribution < 1.29 is 22.8 Å². The minimum absolute atomic E-state index is 0.0296. The van der Waals surface area contributed by atoms with Crippen LogP contribution in [-0.4, -0.2) is 43.3 Å². The smallest absolute Gasteiger partial charge is 0.233 e. The van der Waals surface area contributed by atoms with Crippen LogP contribution in [0.2, 0.25) is 0 Å². The molecule has 9 heteroatoms. The van der Waals surface area contributed by atoms with E-state index in [9.17, 15) is 22.8 Å². The van der Waals surface area contributed by atoms with Crippen LogP contribution in [-0.2, 0) is 24.4 Å². The first-order valence-corrected chi connectivity index (χ1v) is 11.7. The minimum atomic E-state index is -3.37. The first kappa shape index (κ1) is 21.3. The Labute approximate surface area is 171 Å². The highest BCUT2D eigenvalue weighted by Crippen LogP contribution is 2.37. The van der Waals surface area contributed by atoms with Gasteiger partial charge in [-0.15, -0.1) is 0 Å². The lowest BCUT2D eigenvalue weighted by Crippen LogP contribution is -2.34. The van der Waals surface area contributed by atoms with E-state index in [0.29, 0.717) is 17.8 Å². The summed E-state index contributed by atoms with van der Waals surface area (Å²) in [7, 11) is -3.37. The van der Waals surface area contributed by atoms with Gasteiger partial charge in [0.2, 0.25) is 27.7 Å². The topological polar surface area (TPSA) is 113 Å². The molecule has 0 aromatic heterocycles. The molecule has 2 aliphatic rings. The summed E-state index contributed by atoms with van der Waals surface area (Å²) >= 11 is 0. The Bertz CT molecular complexity index is 858. The molecule has 2 N–H and O–H groups in total. The first-order valence-electron chi connectivity index (χ1n) is 10.1. The zero-order valence-electron chi connectivity index (χ0n) is 16.5. The molecule has 2 unspecified atom stereocenters.